The molecule has 234 valence electrons. The monoisotopic (exact) mass is 636 g/mol. The second-order valence-electron chi connectivity index (χ2n) is 13.0. The average molecular weight is 637 g/mol. The molecule has 0 aliphatic carbocycles. The molecule has 10 aromatic rings. The lowest BCUT2D eigenvalue weighted by atomic mass is 9.98. The number of rotatable bonds is 5. The standard InChI is InChI=1S/C48H32N2/c1-4-14-33(15-5-1)36-24-27-39(34-16-6-2-7-17-34)47(31-36)50-45-23-13-11-21-41(45)43-30-35(26-29-46(43)50)37-25-28-42-40-20-10-12-22-44(40)49(48(42)32-37)38-18-8-3-9-19-38/h1-32H. The van der Waals surface area contributed by atoms with Gasteiger partial charge in [0.25, 0.3) is 0 Å². The molecule has 50 heavy (non-hydrogen) atoms. The first-order valence-corrected chi connectivity index (χ1v) is 17.2. The molecule has 0 fully saturated rings. The topological polar surface area (TPSA) is 9.86 Å². The molecule has 2 nitrogen and oxygen atoms in total. The molecule has 0 aliphatic heterocycles. The Morgan fingerprint density at radius 2 is 0.760 bits per heavy atom. The van der Waals surface area contributed by atoms with Gasteiger partial charge in [-0.05, 0) is 76.3 Å². The van der Waals surface area contributed by atoms with Gasteiger partial charge >= 0.3 is 0 Å². The van der Waals surface area contributed by atoms with Crippen molar-refractivity contribution in [3.63, 3.8) is 0 Å². The molecule has 0 saturated carbocycles. The lowest BCUT2D eigenvalue weighted by Crippen LogP contribution is -1.98. The highest BCUT2D eigenvalue weighted by molar-refractivity contribution is 6.12. The van der Waals surface area contributed by atoms with Crippen molar-refractivity contribution in [2.75, 3.05) is 0 Å². The van der Waals surface area contributed by atoms with Crippen LogP contribution >= 0.6 is 0 Å². The summed E-state index contributed by atoms with van der Waals surface area (Å²) in [5, 5.41) is 5.01. The lowest BCUT2D eigenvalue weighted by molar-refractivity contribution is 1.18. The van der Waals surface area contributed by atoms with E-state index in [1.807, 2.05) is 0 Å². The van der Waals surface area contributed by atoms with Gasteiger partial charge in [-0.1, -0.05) is 146 Å². The van der Waals surface area contributed by atoms with Gasteiger partial charge in [-0.2, -0.15) is 0 Å². The van der Waals surface area contributed by atoms with Gasteiger partial charge in [0.15, 0.2) is 0 Å². The van der Waals surface area contributed by atoms with Gasteiger partial charge in [-0.3, -0.25) is 0 Å². The van der Waals surface area contributed by atoms with Crippen LogP contribution in [-0.2, 0) is 0 Å². The second kappa shape index (κ2) is 11.5. The number of aromatic nitrogens is 2. The van der Waals surface area contributed by atoms with Gasteiger partial charge in [0, 0.05) is 32.8 Å². The van der Waals surface area contributed by atoms with E-state index in [0.29, 0.717) is 0 Å². The fourth-order valence-corrected chi connectivity index (χ4v) is 7.81. The third kappa shape index (κ3) is 4.50. The SMILES string of the molecule is c1ccc(-c2ccc(-c3ccccc3)c(-n3c4ccccc4c4cc(-c5ccc6c7ccccc7n(-c7ccccc7)c6c5)ccc43)c2)cc1. The van der Waals surface area contributed by atoms with Gasteiger partial charge in [-0.25, -0.2) is 0 Å². The minimum Gasteiger partial charge on any atom is -0.309 e. The molecule has 2 heteroatoms. The number of para-hydroxylation sites is 3. The van der Waals surface area contributed by atoms with Gasteiger partial charge < -0.3 is 9.13 Å². The predicted octanol–water partition coefficient (Wildman–Crippen LogP) is 12.9. The highest BCUT2D eigenvalue weighted by atomic mass is 15.0. The minimum atomic E-state index is 1.17. The van der Waals surface area contributed by atoms with Crippen molar-refractivity contribution in [2.24, 2.45) is 0 Å². The Hall–Kier alpha value is -6.64. The summed E-state index contributed by atoms with van der Waals surface area (Å²) >= 11 is 0. The Labute approximate surface area is 290 Å². The molecular weight excluding hydrogens is 605 g/mol. The molecule has 10 rings (SSSR count). The summed E-state index contributed by atoms with van der Waals surface area (Å²) in [4.78, 5) is 0. The summed E-state index contributed by atoms with van der Waals surface area (Å²) in [5.41, 5.74) is 14.4. The summed E-state index contributed by atoms with van der Waals surface area (Å²) in [6, 6.07) is 70.4. The van der Waals surface area contributed by atoms with E-state index >= 15 is 0 Å². The van der Waals surface area contributed by atoms with E-state index in [-0.39, 0.29) is 0 Å². The van der Waals surface area contributed by atoms with Crippen LogP contribution in [0.3, 0.4) is 0 Å². The molecule has 0 amide bonds. The van der Waals surface area contributed by atoms with Gasteiger partial charge in [0.2, 0.25) is 0 Å². The predicted molar refractivity (Wildman–Crippen MR) is 211 cm³/mol. The zero-order valence-electron chi connectivity index (χ0n) is 27.4. The Morgan fingerprint density at radius 1 is 0.260 bits per heavy atom. The van der Waals surface area contributed by atoms with E-state index in [0.717, 1.165) is 0 Å². The van der Waals surface area contributed by atoms with Crippen LogP contribution in [-0.4, -0.2) is 9.13 Å². The smallest absolute Gasteiger partial charge is 0.0547 e. The molecule has 0 unspecified atom stereocenters. The van der Waals surface area contributed by atoms with Crippen LogP contribution in [0, 0.1) is 0 Å². The number of hydrogen-bond acceptors (Lipinski definition) is 0. The van der Waals surface area contributed by atoms with Crippen molar-refractivity contribution in [3.8, 4) is 44.8 Å². The summed E-state index contributed by atoms with van der Waals surface area (Å²) in [5.74, 6) is 0. The van der Waals surface area contributed by atoms with Crippen molar-refractivity contribution in [3.05, 3.63) is 194 Å². The van der Waals surface area contributed by atoms with Crippen molar-refractivity contribution < 1.29 is 0 Å². The van der Waals surface area contributed by atoms with Crippen LogP contribution in [0.15, 0.2) is 194 Å². The fourth-order valence-electron chi connectivity index (χ4n) is 7.81. The molecule has 0 aliphatic rings. The average Bonchev–Trinajstić information content (AvgIpc) is 3.71. The highest BCUT2D eigenvalue weighted by Gasteiger charge is 2.18. The first kappa shape index (κ1) is 28.4. The Balaban J connectivity index is 1.20. The molecule has 8 aromatic carbocycles. The maximum atomic E-state index is 2.46. The van der Waals surface area contributed by atoms with Crippen LogP contribution in [0.5, 0.6) is 0 Å². The largest absolute Gasteiger partial charge is 0.309 e. The van der Waals surface area contributed by atoms with E-state index in [1.54, 1.807) is 0 Å². The van der Waals surface area contributed by atoms with E-state index in [9.17, 15) is 0 Å². The summed E-state index contributed by atoms with van der Waals surface area (Å²) in [6.45, 7) is 0. The normalized spacial score (nSPS) is 11.6. The Morgan fingerprint density at radius 3 is 1.50 bits per heavy atom. The van der Waals surface area contributed by atoms with E-state index < -0.39 is 0 Å². The summed E-state index contributed by atoms with van der Waals surface area (Å²) in [7, 11) is 0. The van der Waals surface area contributed by atoms with Crippen LogP contribution in [0.1, 0.15) is 0 Å². The number of hydrogen-bond donors (Lipinski definition) is 0. The number of fused-ring (bicyclic) bond motifs is 6. The first-order valence-electron chi connectivity index (χ1n) is 17.2. The molecule has 2 aromatic heterocycles. The van der Waals surface area contributed by atoms with Gasteiger partial charge in [0.1, 0.15) is 0 Å². The highest BCUT2D eigenvalue weighted by Crippen LogP contribution is 2.40. The van der Waals surface area contributed by atoms with Crippen LogP contribution in [0.4, 0.5) is 0 Å². The van der Waals surface area contributed by atoms with Crippen molar-refractivity contribution >= 4 is 43.6 Å². The van der Waals surface area contributed by atoms with Crippen molar-refractivity contribution in [1.82, 2.24) is 9.13 Å². The molecule has 0 saturated heterocycles. The van der Waals surface area contributed by atoms with Crippen LogP contribution in [0.2, 0.25) is 0 Å². The third-order valence-corrected chi connectivity index (χ3v) is 10.1. The second-order valence-corrected chi connectivity index (χ2v) is 13.0. The summed E-state index contributed by atoms with van der Waals surface area (Å²) in [6.07, 6.45) is 0. The molecule has 0 radical (unpaired) electrons. The number of benzene rings is 8. The van der Waals surface area contributed by atoms with E-state index in [2.05, 4.69) is 203 Å². The Bertz CT molecular complexity index is 2840. The van der Waals surface area contributed by atoms with Gasteiger partial charge in [0.05, 0.1) is 27.8 Å². The van der Waals surface area contributed by atoms with E-state index in [1.165, 1.54) is 88.4 Å². The zero-order chi connectivity index (χ0) is 33.0. The molecule has 0 spiro atoms. The Kier molecular flexibility index (Phi) is 6.53. The zero-order valence-corrected chi connectivity index (χ0v) is 27.4. The summed E-state index contributed by atoms with van der Waals surface area (Å²) < 4.78 is 4.85. The van der Waals surface area contributed by atoms with E-state index in [4.69, 9.17) is 0 Å². The van der Waals surface area contributed by atoms with Crippen molar-refractivity contribution in [1.29, 1.82) is 0 Å². The van der Waals surface area contributed by atoms with Gasteiger partial charge in [-0.15, -0.1) is 0 Å². The molecular formula is C48H32N2. The first-order chi connectivity index (χ1) is 24.8. The van der Waals surface area contributed by atoms with Crippen LogP contribution < -0.4 is 0 Å². The number of nitrogens with zero attached hydrogens (tertiary/aromatic N) is 2. The molecule has 0 bridgehead atoms. The van der Waals surface area contributed by atoms with Crippen LogP contribution in [0.25, 0.3) is 88.4 Å². The third-order valence-electron chi connectivity index (χ3n) is 10.1. The fraction of sp³-hybridized carbons (Fsp3) is 0. The quantitative estimate of drug-likeness (QED) is 0.178. The maximum Gasteiger partial charge on any atom is 0.0547 e. The molecule has 0 N–H and O–H groups in total. The molecule has 0 atom stereocenters. The minimum absolute atomic E-state index is 1.17. The molecule has 2 heterocycles. The maximum absolute atomic E-state index is 2.46. The lowest BCUT2D eigenvalue weighted by Gasteiger charge is -2.16. The van der Waals surface area contributed by atoms with Crippen molar-refractivity contribution in [2.45, 2.75) is 0 Å².